The molecule has 2 aromatic carbocycles. The Morgan fingerprint density at radius 2 is 1.79 bits per heavy atom. The summed E-state index contributed by atoms with van der Waals surface area (Å²) in [4.78, 5) is 12.5. The third-order valence-electron chi connectivity index (χ3n) is 4.97. The third-order valence-corrected chi connectivity index (χ3v) is 6.86. The van der Waals surface area contributed by atoms with E-state index in [9.17, 15) is 13.2 Å². The smallest absolute Gasteiger partial charge is 0.262 e. The lowest BCUT2D eigenvalue weighted by Gasteiger charge is -2.26. The lowest BCUT2D eigenvalue weighted by molar-refractivity contribution is -0.118. The minimum Gasteiger partial charge on any atom is -0.484 e. The fourth-order valence-electron chi connectivity index (χ4n) is 3.30. The van der Waals surface area contributed by atoms with Gasteiger partial charge < -0.3 is 10.1 Å². The number of sulfonamides is 1. The molecule has 156 valence electrons. The molecule has 1 fully saturated rings. The van der Waals surface area contributed by atoms with Gasteiger partial charge in [-0.25, -0.2) is 8.42 Å². The van der Waals surface area contributed by atoms with Crippen molar-refractivity contribution in [2.75, 3.05) is 25.0 Å². The molecule has 0 radical (unpaired) electrons. The lowest BCUT2D eigenvalue weighted by Crippen LogP contribution is -2.35. The zero-order valence-electron chi connectivity index (χ0n) is 16.9. The summed E-state index contributed by atoms with van der Waals surface area (Å²) in [5.41, 5.74) is 1.58. The van der Waals surface area contributed by atoms with Gasteiger partial charge in [-0.2, -0.15) is 4.31 Å². The average molecular weight is 417 g/mol. The van der Waals surface area contributed by atoms with Crippen molar-refractivity contribution < 1.29 is 17.9 Å². The molecule has 0 spiro atoms. The number of amides is 1. The number of carbonyl (C=O) groups excluding carboxylic acids is 1. The Hall–Kier alpha value is -2.38. The van der Waals surface area contributed by atoms with Crippen molar-refractivity contribution in [1.82, 2.24) is 4.31 Å². The Morgan fingerprint density at radius 3 is 2.52 bits per heavy atom. The predicted molar refractivity (Wildman–Crippen MR) is 114 cm³/mol. The fourth-order valence-corrected chi connectivity index (χ4v) is 4.86. The van der Waals surface area contributed by atoms with Crippen LogP contribution in [0, 0.1) is 0 Å². The quantitative estimate of drug-likeness (QED) is 0.740. The molecule has 7 heteroatoms. The van der Waals surface area contributed by atoms with Crippen LogP contribution >= 0.6 is 0 Å². The van der Waals surface area contributed by atoms with Gasteiger partial charge in [-0.15, -0.1) is 0 Å². The molecular formula is C22H28N2O4S. The summed E-state index contributed by atoms with van der Waals surface area (Å²) in [7, 11) is -3.54. The summed E-state index contributed by atoms with van der Waals surface area (Å²) in [6.07, 6.45) is 2.82. The molecule has 1 heterocycles. The van der Waals surface area contributed by atoms with E-state index in [2.05, 4.69) is 19.2 Å². The van der Waals surface area contributed by atoms with Crippen molar-refractivity contribution in [2.45, 2.75) is 43.9 Å². The second kappa shape index (κ2) is 9.41. The number of hydrogen-bond acceptors (Lipinski definition) is 4. The number of piperidine rings is 1. The first-order valence-corrected chi connectivity index (χ1v) is 11.4. The summed E-state index contributed by atoms with van der Waals surface area (Å²) < 4.78 is 32.7. The number of benzene rings is 2. The molecule has 0 unspecified atom stereocenters. The van der Waals surface area contributed by atoms with Crippen LogP contribution < -0.4 is 10.1 Å². The molecule has 0 aromatic heterocycles. The highest BCUT2D eigenvalue weighted by molar-refractivity contribution is 7.89. The number of nitrogens with zero attached hydrogens (tertiary/aromatic N) is 1. The normalized spacial score (nSPS) is 15.3. The van der Waals surface area contributed by atoms with E-state index in [-0.39, 0.29) is 17.4 Å². The van der Waals surface area contributed by atoms with Crippen LogP contribution in [-0.4, -0.2) is 38.3 Å². The summed E-state index contributed by atoms with van der Waals surface area (Å²) in [5, 5.41) is 2.72. The van der Waals surface area contributed by atoms with Gasteiger partial charge in [-0.3, -0.25) is 4.79 Å². The molecule has 1 saturated heterocycles. The zero-order valence-corrected chi connectivity index (χ0v) is 17.7. The van der Waals surface area contributed by atoms with E-state index >= 15 is 0 Å². The molecule has 1 amide bonds. The van der Waals surface area contributed by atoms with Crippen LogP contribution in [0.1, 0.15) is 44.6 Å². The minimum absolute atomic E-state index is 0.148. The maximum atomic E-state index is 12.8. The largest absolute Gasteiger partial charge is 0.484 e. The maximum Gasteiger partial charge on any atom is 0.262 e. The highest BCUT2D eigenvalue weighted by atomic mass is 32.2. The van der Waals surface area contributed by atoms with Gasteiger partial charge >= 0.3 is 0 Å². The van der Waals surface area contributed by atoms with Gasteiger partial charge in [0.2, 0.25) is 10.0 Å². The van der Waals surface area contributed by atoms with Crippen molar-refractivity contribution in [2.24, 2.45) is 0 Å². The van der Waals surface area contributed by atoms with Gasteiger partial charge in [-0.05, 0) is 54.7 Å². The molecule has 29 heavy (non-hydrogen) atoms. The molecule has 1 N–H and O–H groups in total. The van der Waals surface area contributed by atoms with E-state index < -0.39 is 10.0 Å². The molecule has 1 aliphatic heterocycles. The highest BCUT2D eigenvalue weighted by Gasteiger charge is 2.26. The predicted octanol–water partition coefficient (Wildman–Crippen LogP) is 4.00. The zero-order chi connectivity index (χ0) is 20.9. The SMILES string of the molecule is CC(C)c1cccc(OCC(=O)Nc2cccc(S(=O)(=O)N3CCCCC3)c2)c1. The van der Waals surface area contributed by atoms with E-state index in [0.717, 1.165) is 24.8 Å². The topological polar surface area (TPSA) is 75.7 Å². The van der Waals surface area contributed by atoms with Gasteiger partial charge in [-0.1, -0.05) is 38.5 Å². The van der Waals surface area contributed by atoms with Crippen LogP contribution in [0.25, 0.3) is 0 Å². The molecule has 0 aliphatic carbocycles. The van der Waals surface area contributed by atoms with Crippen molar-refractivity contribution in [1.29, 1.82) is 0 Å². The molecule has 6 nitrogen and oxygen atoms in total. The Labute approximate surface area is 172 Å². The summed E-state index contributed by atoms with van der Waals surface area (Å²) in [5.74, 6) is 0.664. The number of ether oxygens (including phenoxy) is 1. The fraction of sp³-hybridized carbons (Fsp3) is 0.409. The lowest BCUT2D eigenvalue weighted by atomic mass is 10.0. The summed E-state index contributed by atoms with van der Waals surface area (Å²) in [6, 6.07) is 14.0. The van der Waals surface area contributed by atoms with Crippen molar-refractivity contribution in [3.8, 4) is 5.75 Å². The van der Waals surface area contributed by atoms with E-state index in [1.807, 2.05) is 24.3 Å². The van der Waals surface area contributed by atoms with Crippen molar-refractivity contribution >= 4 is 21.6 Å². The summed E-state index contributed by atoms with van der Waals surface area (Å²) >= 11 is 0. The molecule has 0 saturated carbocycles. The number of anilines is 1. The first-order valence-electron chi connectivity index (χ1n) is 9.99. The van der Waals surface area contributed by atoms with Crippen LogP contribution in [0.5, 0.6) is 5.75 Å². The van der Waals surface area contributed by atoms with Crippen LogP contribution in [0.15, 0.2) is 53.4 Å². The highest BCUT2D eigenvalue weighted by Crippen LogP contribution is 2.23. The Kier molecular flexibility index (Phi) is 6.92. The van der Waals surface area contributed by atoms with Gasteiger partial charge in [0.25, 0.3) is 5.91 Å². The first kappa shape index (κ1) is 21.3. The number of carbonyl (C=O) groups is 1. The molecular weight excluding hydrogens is 388 g/mol. The number of hydrogen-bond donors (Lipinski definition) is 1. The monoisotopic (exact) mass is 416 g/mol. The van der Waals surface area contributed by atoms with E-state index in [4.69, 9.17) is 4.74 Å². The van der Waals surface area contributed by atoms with E-state index in [0.29, 0.717) is 30.4 Å². The number of rotatable bonds is 7. The van der Waals surface area contributed by atoms with Gasteiger partial charge in [0.05, 0.1) is 4.90 Å². The Balaban J connectivity index is 1.62. The van der Waals surface area contributed by atoms with Gasteiger partial charge in [0.1, 0.15) is 5.75 Å². The van der Waals surface area contributed by atoms with Crippen LogP contribution in [0.4, 0.5) is 5.69 Å². The third kappa shape index (κ3) is 5.58. The van der Waals surface area contributed by atoms with Crippen molar-refractivity contribution in [3.63, 3.8) is 0 Å². The minimum atomic E-state index is -3.54. The van der Waals surface area contributed by atoms with Gasteiger partial charge in [0.15, 0.2) is 6.61 Å². The number of nitrogens with one attached hydrogen (secondary N) is 1. The maximum absolute atomic E-state index is 12.8. The molecule has 3 rings (SSSR count). The molecule has 0 atom stereocenters. The second-order valence-corrected chi connectivity index (χ2v) is 9.49. The van der Waals surface area contributed by atoms with E-state index in [1.54, 1.807) is 18.2 Å². The average Bonchev–Trinajstić information content (AvgIpc) is 2.73. The van der Waals surface area contributed by atoms with Gasteiger partial charge in [0, 0.05) is 18.8 Å². The van der Waals surface area contributed by atoms with Crippen LogP contribution in [-0.2, 0) is 14.8 Å². The first-order chi connectivity index (χ1) is 13.9. The second-order valence-electron chi connectivity index (χ2n) is 7.56. The Bertz CT molecular complexity index is 951. The van der Waals surface area contributed by atoms with E-state index in [1.165, 1.54) is 10.4 Å². The van der Waals surface area contributed by atoms with Crippen LogP contribution in [0.3, 0.4) is 0 Å². The Morgan fingerprint density at radius 1 is 1.07 bits per heavy atom. The van der Waals surface area contributed by atoms with Crippen molar-refractivity contribution in [3.05, 3.63) is 54.1 Å². The molecule has 1 aliphatic rings. The van der Waals surface area contributed by atoms with Crippen LogP contribution in [0.2, 0.25) is 0 Å². The molecule has 0 bridgehead atoms. The standard InChI is InChI=1S/C22H28N2O4S/c1-17(2)18-8-6-10-20(14-18)28-16-22(25)23-19-9-7-11-21(15-19)29(26,27)24-12-4-3-5-13-24/h6-11,14-15,17H,3-5,12-13,16H2,1-2H3,(H,23,25). The summed E-state index contributed by atoms with van der Waals surface area (Å²) in [6.45, 7) is 5.13. The molecule has 2 aromatic rings.